The summed E-state index contributed by atoms with van der Waals surface area (Å²) in [4.78, 5) is 16.8. The summed E-state index contributed by atoms with van der Waals surface area (Å²) in [5, 5.41) is 6.33. The van der Waals surface area contributed by atoms with E-state index in [9.17, 15) is 4.79 Å². The van der Waals surface area contributed by atoms with Gasteiger partial charge in [-0.25, -0.2) is 0 Å². The summed E-state index contributed by atoms with van der Waals surface area (Å²) in [7, 11) is 2.89. The molecule has 25 heavy (non-hydrogen) atoms. The predicted octanol–water partition coefficient (Wildman–Crippen LogP) is 2.59. The van der Waals surface area contributed by atoms with Crippen LogP contribution in [0.15, 0.2) is 53.7 Å². The summed E-state index contributed by atoms with van der Waals surface area (Å²) in [5.74, 6) is 3.60. The van der Waals surface area contributed by atoms with Crippen molar-refractivity contribution in [1.82, 2.24) is 5.32 Å². The van der Waals surface area contributed by atoms with Crippen LogP contribution in [-0.2, 0) is 9.63 Å². The summed E-state index contributed by atoms with van der Waals surface area (Å²) in [5.41, 5.74) is 0.610. The third-order valence-electron chi connectivity index (χ3n) is 3.12. The number of amides is 1. The van der Waals surface area contributed by atoms with Gasteiger partial charge >= 0.3 is 0 Å². The molecule has 0 fully saturated rings. The second-order valence-electron chi connectivity index (χ2n) is 4.77. The van der Waals surface area contributed by atoms with Gasteiger partial charge in [0.25, 0.3) is 5.91 Å². The van der Waals surface area contributed by atoms with Gasteiger partial charge in [0.1, 0.15) is 31.0 Å². The maximum Gasteiger partial charge on any atom is 0.273 e. The number of ether oxygens (including phenoxy) is 2. The van der Waals surface area contributed by atoms with Crippen molar-refractivity contribution < 1.29 is 19.1 Å². The zero-order chi connectivity index (χ0) is 18.1. The lowest BCUT2D eigenvalue weighted by molar-refractivity contribution is -0.114. The predicted molar refractivity (Wildman–Crippen MR) is 94.9 cm³/mol. The van der Waals surface area contributed by atoms with E-state index in [4.69, 9.17) is 20.7 Å². The number of likely N-dealkylation sites (N-methyl/N-ethyl adjacent to an activating group) is 1. The molecule has 6 nitrogen and oxygen atoms in total. The van der Waals surface area contributed by atoms with Gasteiger partial charge < -0.3 is 19.6 Å². The van der Waals surface area contributed by atoms with Crippen LogP contribution in [0.3, 0.4) is 0 Å². The number of nitrogens with one attached hydrogen (secondary N) is 1. The van der Waals surface area contributed by atoms with Crippen LogP contribution in [0.4, 0.5) is 0 Å². The highest BCUT2D eigenvalue weighted by molar-refractivity contribution is 6.45. The van der Waals surface area contributed by atoms with Crippen LogP contribution in [0.2, 0.25) is 0 Å². The second kappa shape index (κ2) is 8.99. The van der Waals surface area contributed by atoms with Crippen LogP contribution in [0.25, 0.3) is 0 Å². The van der Waals surface area contributed by atoms with Crippen molar-refractivity contribution in [2.45, 2.75) is 0 Å². The zero-order valence-electron chi connectivity index (χ0n) is 14.0. The van der Waals surface area contributed by atoms with E-state index in [1.165, 1.54) is 14.2 Å². The maximum absolute atomic E-state index is 12.1. The van der Waals surface area contributed by atoms with Gasteiger partial charge in [-0.1, -0.05) is 29.3 Å². The molecule has 2 aromatic rings. The van der Waals surface area contributed by atoms with E-state index in [-0.39, 0.29) is 18.2 Å². The van der Waals surface area contributed by atoms with Crippen molar-refractivity contribution >= 4 is 11.6 Å². The van der Waals surface area contributed by atoms with Crippen molar-refractivity contribution in [2.75, 3.05) is 20.8 Å². The molecule has 0 radical (unpaired) electrons. The highest BCUT2D eigenvalue weighted by Gasteiger charge is 2.18. The van der Waals surface area contributed by atoms with Crippen molar-refractivity contribution in [3.63, 3.8) is 0 Å². The number of para-hydroxylation sites is 1. The Labute approximate surface area is 146 Å². The van der Waals surface area contributed by atoms with E-state index in [0.717, 1.165) is 0 Å². The fraction of sp³-hybridized carbons (Fsp3) is 0.158. The Bertz CT molecular complexity index is 809. The molecular weight excluding hydrogens is 320 g/mol. The number of rotatable bonds is 7. The Morgan fingerprint density at radius 3 is 2.68 bits per heavy atom. The van der Waals surface area contributed by atoms with Crippen LogP contribution < -0.4 is 14.8 Å². The van der Waals surface area contributed by atoms with Crippen LogP contribution in [0.5, 0.6) is 17.2 Å². The molecule has 2 rings (SSSR count). The number of carbonyl (C=O) groups excluding carboxylic acids is 1. The number of hydrogen-bond donors (Lipinski definition) is 1. The molecule has 0 aliphatic carbocycles. The normalized spacial score (nSPS) is 10.5. The number of carbonyl (C=O) groups is 1. The molecule has 0 saturated carbocycles. The van der Waals surface area contributed by atoms with Crippen LogP contribution in [0.1, 0.15) is 5.56 Å². The minimum atomic E-state index is -0.385. The van der Waals surface area contributed by atoms with Gasteiger partial charge in [-0.3, -0.25) is 4.79 Å². The molecule has 0 atom stereocenters. The molecule has 0 aliphatic rings. The third-order valence-corrected chi connectivity index (χ3v) is 3.12. The van der Waals surface area contributed by atoms with Gasteiger partial charge in [-0.2, -0.15) is 0 Å². The molecule has 1 amide bonds. The van der Waals surface area contributed by atoms with Crippen LogP contribution in [-0.4, -0.2) is 32.4 Å². The van der Waals surface area contributed by atoms with Crippen molar-refractivity contribution in [3.05, 3.63) is 54.1 Å². The SMILES string of the molecule is C#CCOc1cccc(Oc2ccccc2/C(=N\OC)C(=O)NC)c1. The first-order valence-corrected chi connectivity index (χ1v) is 7.46. The highest BCUT2D eigenvalue weighted by Crippen LogP contribution is 2.28. The Morgan fingerprint density at radius 1 is 1.20 bits per heavy atom. The van der Waals surface area contributed by atoms with Crippen molar-refractivity contribution in [2.24, 2.45) is 5.16 Å². The van der Waals surface area contributed by atoms with Gasteiger partial charge in [-0.05, 0) is 24.3 Å². The summed E-state index contributed by atoms with van der Waals surface area (Å²) >= 11 is 0. The third kappa shape index (κ3) is 4.75. The van der Waals surface area contributed by atoms with E-state index in [1.54, 1.807) is 48.5 Å². The molecule has 0 aromatic heterocycles. The van der Waals surface area contributed by atoms with Gasteiger partial charge in [0, 0.05) is 13.1 Å². The topological polar surface area (TPSA) is 69.1 Å². The van der Waals surface area contributed by atoms with Gasteiger partial charge in [0.05, 0.1) is 5.56 Å². The Hall–Kier alpha value is -3.46. The first kappa shape index (κ1) is 17.9. The molecule has 0 bridgehead atoms. The second-order valence-corrected chi connectivity index (χ2v) is 4.77. The molecule has 128 valence electrons. The zero-order valence-corrected chi connectivity index (χ0v) is 14.0. The van der Waals surface area contributed by atoms with Crippen molar-refractivity contribution in [1.29, 1.82) is 0 Å². The molecule has 0 saturated heterocycles. The number of hydrogen-bond acceptors (Lipinski definition) is 5. The highest BCUT2D eigenvalue weighted by atomic mass is 16.6. The summed E-state index contributed by atoms with van der Waals surface area (Å²) < 4.78 is 11.3. The Balaban J connectivity index is 2.34. The molecule has 2 aromatic carbocycles. The molecule has 0 spiro atoms. The van der Waals surface area contributed by atoms with Crippen molar-refractivity contribution in [3.8, 4) is 29.6 Å². The quantitative estimate of drug-likeness (QED) is 0.479. The largest absolute Gasteiger partial charge is 0.481 e. The van der Waals surface area contributed by atoms with Crippen LogP contribution >= 0.6 is 0 Å². The average Bonchev–Trinajstić information content (AvgIpc) is 2.65. The van der Waals surface area contributed by atoms with E-state index < -0.39 is 0 Å². The minimum Gasteiger partial charge on any atom is -0.481 e. The fourth-order valence-electron chi connectivity index (χ4n) is 2.05. The smallest absolute Gasteiger partial charge is 0.273 e. The lowest BCUT2D eigenvalue weighted by Gasteiger charge is -2.12. The molecule has 6 heteroatoms. The molecule has 1 N–H and O–H groups in total. The monoisotopic (exact) mass is 338 g/mol. The number of terminal acetylenes is 1. The molecular formula is C19H18N2O4. The number of benzene rings is 2. The van der Waals surface area contributed by atoms with Gasteiger partial charge in [0.15, 0.2) is 5.71 Å². The Morgan fingerprint density at radius 2 is 1.96 bits per heavy atom. The van der Waals surface area contributed by atoms with E-state index in [1.807, 2.05) is 0 Å². The fourth-order valence-corrected chi connectivity index (χ4v) is 2.05. The van der Waals surface area contributed by atoms with E-state index in [2.05, 4.69) is 16.4 Å². The first-order valence-electron chi connectivity index (χ1n) is 7.46. The average molecular weight is 338 g/mol. The molecule has 0 heterocycles. The van der Waals surface area contributed by atoms with Gasteiger partial charge in [0.2, 0.25) is 0 Å². The lowest BCUT2D eigenvalue weighted by Crippen LogP contribution is -2.28. The first-order chi connectivity index (χ1) is 12.2. The number of nitrogens with zero attached hydrogens (tertiary/aromatic N) is 1. The maximum atomic E-state index is 12.1. The summed E-state index contributed by atoms with van der Waals surface area (Å²) in [6.45, 7) is 0.168. The van der Waals surface area contributed by atoms with E-state index in [0.29, 0.717) is 22.8 Å². The van der Waals surface area contributed by atoms with E-state index >= 15 is 0 Å². The standard InChI is InChI=1S/C19H18N2O4/c1-4-12-24-14-8-7-9-15(13-14)25-17-11-6-5-10-16(17)18(21-23-3)19(22)20-2/h1,5-11,13H,12H2,2-3H3,(H,20,22)/b21-18+. The van der Waals surface area contributed by atoms with Gasteiger partial charge in [-0.15, -0.1) is 6.42 Å². The minimum absolute atomic E-state index is 0.111. The molecule has 0 unspecified atom stereocenters. The summed E-state index contributed by atoms with van der Waals surface area (Å²) in [6, 6.07) is 14.1. The summed E-state index contributed by atoms with van der Waals surface area (Å²) in [6.07, 6.45) is 5.19. The Kier molecular flexibility index (Phi) is 6.43. The van der Waals surface area contributed by atoms with Crippen LogP contribution in [0, 0.1) is 12.3 Å². The number of oxime groups is 1. The molecule has 0 aliphatic heterocycles. The lowest BCUT2D eigenvalue weighted by atomic mass is 10.1.